The first-order valence-corrected chi connectivity index (χ1v) is 10.7. The van der Waals surface area contributed by atoms with Crippen molar-refractivity contribution in [2.45, 2.75) is 51.7 Å². The van der Waals surface area contributed by atoms with Gasteiger partial charge >= 0.3 is 12.1 Å². The first kappa shape index (κ1) is 25.7. The number of hydrogen-bond acceptors (Lipinski definition) is 6. The van der Waals surface area contributed by atoms with Crippen LogP contribution in [0.15, 0.2) is 42.5 Å². The molecule has 0 saturated heterocycles. The van der Waals surface area contributed by atoms with Crippen LogP contribution in [0.5, 0.6) is 5.75 Å². The van der Waals surface area contributed by atoms with Crippen LogP contribution in [0.3, 0.4) is 0 Å². The largest absolute Gasteiger partial charge is 0.508 e. The summed E-state index contributed by atoms with van der Waals surface area (Å²) in [4.78, 5) is 36.9. The Morgan fingerprint density at radius 2 is 1.73 bits per heavy atom. The maximum absolute atomic E-state index is 13.0. The van der Waals surface area contributed by atoms with E-state index in [2.05, 4.69) is 10.6 Å². The predicted molar refractivity (Wildman–Crippen MR) is 125 cm³/mol. The number of alkyl carbamates (subject to hydrolysis) is 1. The Morgan fingerprint density at radius 3 is 2.30 bits per heavy atom. The summed E-state index contributed by atoms with van der Waals surface area (Å²) in [5, 5.41) is 24.4. The number of carbonyl (C=O) groups excluding carboxylic acids is 2. The van der Waals surface area contributed by atoms with Gasteiger partial charge in [-0.1, -0.05) is 12.1 Å². The third-order valence-electron chi connectivity index (χ3n) is 4.65. The molecule has 0 unspecified atom stereocenters. The molecule has 9 heteroatoms. The summed E-state index contributed by atoms with van der Waals surface area (Å²) in [6, 6.07) is 9.63. The van der Waals surface area contributed by atoms with Gasteiger partial charge in [0.15, 0.2) is 0 Å². The number of aromatic hydroxyl groups is 1. The molecular weight excluding hydrogens is 426 g/mol. The number of nitrogens with two attached hydrogens (primary N) is 1. The molecule has 0 fully saturated rings. The van der Waals surface area contributed by atoms with Crippen molar-refractivity contribution < 1.29 is 29.3 Å². The lowest BCUT2D eigenvalue weighted by Gasteiger charge is -2.23. The van der Waals surface area contributed by atoms with Crippen molar-refractivity contribution in [1.82, 2.24) is 5.32 Å². The van der Waals surface area contributed by atoms with Gasteiger partial charge in [-0.2, -0.15) is 0 Å². The number of amides is 2. The lowest BCUT2D eigenvalue weighted by atomic mass is 9.98. The van der Waals surface area contributed by atoms with Gasteiger partial charge in [0.2, 0.25) is 5.91 Å². The Balaban J connectivity index is 2.26. The molecule has 0 aliphatic carbocycles. The van der Waals surface area contributed by atoms with Gasteiger partial charge < -0.3 is 31.3 Å². The van der Waals surface area contributed by atoms with E-state index in [1.807, 2.05) is 0 Å². The minimum atomic E-state index is -1.12. The molecule has 178 valence electrons. The van der Waals surface area contributed by atoms with E-state index in [0.29, 0.717) is 42.6 Å². The second kappa shape index (κ2) is 11.3. The van der Waals surface area contributed by atoms with Gasteiger partial charge in [-0.25, -0.2) is 9.59 Å². The number of benzene rings is 2. The van der Waals surface area contributed by atoms with Crippen molar-refractivity contribution in [3.63, 3.8) is 0 Å². The van der Waals surface area contributed by atoms with Gasteiger partial charge in [0, 0.05) is 5.69 Å². The number of unbranched alkanes of at least 4 members (excludes halogenated alkanes) is 1. The van der Waals surface area contributed by atoms with Crippen molar-refractivity contribution in [3.05, 3.63) is 48.0 Å². The van der Waals surface area contributed by atoms with Crippen LogP contribution in [-0.2, 0) is 9.53 Å². The van der Waals surface area contributed by atoms with Crippen molar-refractivity contribution in [2.24, 2.45) is 5.73 Å². The van der Waals surface area contributed by atoms with E-state index >= 15 is 0 Å². The fourth-order valence-electron chi connectivity index (χ4n) is 3.13. The van der Waals surface area contributed by atoms with Crippen molar-refractivity contribution in [2.75, 3.05) is 11.9 Å². The van der Waals surface area contributed by atoms with Gasteiger partial charge in [0.25, 0.3) is 0 Å². The van der Waals surface area contributed by atoms with Crippen LogP contribution in [-0.4, -0.2) is 46.4 Å². The predicted octanol–water partition coefficient (Wildman–Crippen LogP) is 3.72. The normalized spacial score (nSPS) is 12.0. The molecule has 2 rings (SSSR count). The maximum atomic E-state index is 13.0. The van der Waals surface area contributed by atoms with E-state index in [4.69, 9.17) is 10.5 Å². The Hall–Kier alpha value is -3.59. The number of phenols is 1. The molecule has 0 aromatic heterocycles. The summed E-state index contributed by atoms with van der Waals surface area (Å²) in [5.41, 5.74) is 6.18. The molecular formula is C24H31N3O6. The molecule has 0 bridgehead atoms. The number of carboxylic acids is 1. The van der Waals surface area contributed by atoms with Crippen LogP contribution in [0.1, 0.15) is 50.4 Å². The Labute approximate surface area is 192 Å². The molecule has 2 aromatic carbocycles. The van der Waals surface area contributed by atoms with Gasteiger partial charge in [-0.3, -0.25) is 4.79 Å². The van der Waals surface area contributed by atoms with E-state index < -0.39 is 29.6 Å². The van der Waals surface area contributed by atoms with Crippen molar-refractivity contribution in [1.29, 1.82) is 0 Å². The van der Waals surface area contributed by atoms with Crippen LogP contribution >= 0.6 is 0 Å². The number of anilines is 1. The van der Waals surface area contributed by atoms with Gasteiger partial charge in [0.05, 0.1) is 5.56 Å². The first-order valence-electron chi connectivity index (χ1n) is 10.7. The average molecular weight is 458 g/mol. The van der Waals surface area contributed by atoms with Gasteiger partial charge in [0.1, 0.15) is 17.4 Å². The lowest BCUT2D eigenvalue weighted by Crippen LogP contribution is -2.45. The third kappa shape index (κ3) is 8.12. The molecule has 9 nitrogen and oxygen atoms in total. The number of carbonyl (C=O) groups is 3. The van der Waals surface area contributed by atoms with Crippen LogP contribution < -0.4 is 16.4 Å². The topological polar surface area (TPSA) is 151 Å². The molecule has 2 amide bonds. The van der Waals surface area contributed by atoms with Crippen LogP contribution in [0.2, 0.25) is 0 Å². The zero-order chi connectivity index (χ0) is 24.6. The molecule has 0 aliphatic rings. The number of rotatable bonds is 9. The Kier molecular flexibility index (Phi) is 8.81. The molecule has 0 heterocycles. The van der Waals surface area contributed by atoms with E-state index in [-0.39, 0.29) is 11.3 Å². The zero-order valence-electron chi connectivity index (χ0n) is 19.1. The summed E-state index contributed by atoms with van der Waals surface area (Å²) in [7, 11) is 0. The van der Waals surface area contributed by atoms with E-state index in [1.54, 1.807) is 32.9 Å². The highest BCUT2D eigenvalue weighted by Gasteiger charge is 2.24. The molecule has 0 aliphatic heterocycles. The zero-order valence-corrected chi connectivity index (χ0v) is 19.1. The van der Waals surface area contributed by atoms with E-state index in [9.17, 15) is 24.6 Å². The number of ether oxygens (including phenoxy) is 1. The van der Waals surface area contributed by atoms with Crippen LogP contribution in [0.4, 0.5) is 10.5 Å². The second-order valence-electron chi connectivity index (χ2n) is 8.58. The third-order valence-corrected chi connectivity index (χ3v) is 4.65. The first-order chi connectivity index (χ1) is 15.5. The molecule has 2 aromatic rings. The smallest absolute Gasteiger partial charge is 0.408 e. The fourth-order valence-corrected chi connectivity index (χ4v) is 3.13. The van der Waals surface area contributed by atoms with E-state index in [0.717, 1.165) is 0 Å². The summed E-state index contributed by atoms with van der Waals surface area (Å²) < 4.78 is 5.26. The number of nitrogens with one attached hydrogen (secondary N) is 2. The number of hydrogen-bond donors (Lipinski definition) is 5. The Bertz CT molecular complexity index is 983. The van der Waals surface area contributed by atoms with Crippen LogP contribution in [0.25, 0.3) is 11.1 Å². The standard InChI is InChI=1S/C24H31N3O6/c1-24(2,3)33-23(32)27-20(6-4-5-13-25)21(29)26-16-9-12-18(22(30)31)19(14-16)15-7-10-17(28)11-8-15/h7-12,14,20,28H,4-6,13,25H2,1-3H3,(H,26,29)(H,27,32)(H,30,31)/t20-/m0/s1. The fraction of sp³-hybridized carbons (Fsp3) is 0.375. The minimum Gasteiger partial charge on any atom is -0.508 e. The lowest BCUT2D eigenvalue weighted by molar-refractivity contribution is -0.118. The van der Waals surface area contributed by atoms with E-state index in [1.165, 1.54) is 30.3 Å². The summed E-state index contributed by atoms with van der Waals surface area (Å²) in [6.07, 6.45) is 0.973. The Morgan fingerprint density at radius 1 is 1.06 bits per heavy atom. The van der Waals surface area contributed by atoms with Crippen LogP contribution in [0, 0.1) is 0 Å². The van der Waals surface area contributed by atoms with Gasteiger partial charge in [-0.05, 0) is 88.0 Å². The molecule has 0 saturated carbocycles. The highest BCUT2D eigenvalue weighted by molar-refractivity contribution is 6.00. The molecule has 1 atom stereocenters. The minimum absolute atomic E-state index is 0.0464. The number of carboxylic acid groups (broad SMARTS) is 1. The highest BCUT2D eigenvalue weighted by atomic mass is 16.6. The van der Waals surface area contributed by atoms with Crippen molar-refractivity contribution >= 4 is 23.7 Å². The monoisotopic (exact) mass is 457 g/mol. The SMILES string of the molecule is CC(C)(C)OC(=O)N[C@@H](CCCCN)C(=O)Nc1ccc(C(=O)O)c(-c2ccc(O)cc2)c1. The summed E-state index contributed by atoms with van der Waals surface area (Å²) in [5.74, 6) is -1.53. The second-order valence-corrected chi connectivity index (χ2v) is 8.58. The maximum Gasteiger partial charge on any atom is 0.408 e. The average Bonchev–Trinajstić information content (AvgIpc) is 2.72. The highest BCUT2D eigenvalue weighted by Crippen LogP contribution is 2.29. The molecule has 0 spiro atoms. The van der Waals surface area contributed by atoms with Gasteiger partial charge in [-0.15, -0.1) is 0 Å². The number of phenolic OH excluding ortho intramolecular Hbond substituents is 1. The molecule has 6 N–H and O–H groups in total. The summed E-state index contributed by atoms with van der Waals surface area (Å²) in [6.45, 7) is 5.65. The molecule has 33 heavy (non-hydrogen) atoms. The van der Waals surface area contributed by atoms with Crippen molar-refractivity contribution in [3.8, 4) is 16.9 Å². The quantitative estimate of drug-likeness (QED) is 0.360. The number of aromatic carboxylic acids is 1. The summed E-state index contributed by atoms with van der Waals surface area (Å²) >= 11 is 0. The molecule has 0 radical (unpaired) electrons.